The lowest BCUT2D eigenvalue weighted by molar-refractivity contribution is 0.535. The maximum absolute atomic E-state index is 6.15. The number of aromatic nitrogens is 1. The molecule has 3 heteroatoms. The standard InChI is InChI=1S/C22H29N3/c1-5-10-18(6-2)16-25(17-19-11-8-7-9-12-19)20-13-14-21(24-15-20)22(3,4)23/h5-15H,16-17,23H2,1-4H3. The van der Waals surface area contributed by atoms with Crippen LogP contribution in [0.2, 0.25) is 0 Å². The van der Waals surface area contributed by atoms with Gasteiger partial charge in [0.25, 0.3) is 0 Å². The molecule has 0 aliphatic carbocycles. The normalized spacial score (nSPS) is 12.6. The first-order valence-electron chi connectivity index (χ1n) is 8.76. The zero-order chi connectivity index (χ0) is 18.3. The molecule has 3 nitrogen and oxygen atoms in total. The van der Waals surface area contributed by atoms with Gasteiger partial charge in [0.1, 0.15) is 0 Å². The van der Waals surface area contributed by atoms with E-state index in [-0.39, 0.29) is 0 Å². The lowest BCUT2D eigenvalue weighted by atomic mass is 10.0. The fraction of sp³-hybridized carbons (Fsp3) is 0.318. The summed E-state index contributed by atoms with van der Waals surface area (Å²) in [7, 11) is 0. The van der Waals surface area contributed by atoms with Gasteiger partial charge in [0.05, 0.1) is 23.1 Å². The van der Waals surface area contributed by atoms with E-state index in [9.17, 15) is 0 Å². The van der Waals surface area contributed by atoms with Crippen LogP contribution >= 0.6 is 0 Å². The first kappa shape index (κ1) is 18.9. The minimum atomic E-state index is -0.428. The molecule has 2 rings (SSSR count). The van der Waals surface area contributed by atoms with Crippen molar-refractivity contribution in [3.05, 3.63) is 83.7 Å². The van der Waals surface area contributed by atoms with Crippen molar-refractivity contribution in [2.24, 2.45) is 5.73 Å². The summed E-state index contributed by atoms with van der Waals surface area (Å²) in [6, 6.07) is 14.7. The topological polar surface area (TPSA) is 42.1 Å². The third-order valence-electron chi connectivity index (χ3n) is 4.11. The van der Waals surface area contributed by atoms with Crippen LogP contribution in [0.5, 0.6) is 0 Å². The highest BCUT2D eigenvalue weighted by Crippen LogP contribution is 2.21. The van der Waals surface area contributed by atoms with E-state index >= 15 is 0 Å². The Balaban J connectivity index is 2.30. The largest absolute Gasteiger partial charge is 0.362 e. The summed E-state index contributed by atoms with van der Waals surface area (Å²) >= 11 is 0. The molecule has 2 N–H and O–H groups in total. The Hall–Kier alpha value is -2.39. The van der Waals surface area contributed by atoms with E-state index in [4.69, 9.17) is 5.73 Å². The molecule has 1 heterocycles. The van der Waals surface area contributed by atoms with E-state index in [2.05, 4.69) is 65.4 Å². The number of allylic oxidation sites excluding steroid dienone is 2. The van der Waals surface area contributed by atoms with E-state index in [0.29, 0.717) is 0 Å². The van der Waals surface area contributed by atoms with E-state index in [1.54, 1.807) is 0 Å². The Morgan fingerprint density at radius 1 is 1.12 bits per heavy atom. The molecule has 25 heavy (non-hydrogen) atoms. The first-order valence-corrected chi connectivity index (χ1v) is 8.76. The fourth-order valence-electron chi connectivity index (χ4n) is 2.67. The highest BCUT2D eigenvalue weighted by molar-refractivity contribution is 5.48. The predicted molar refractivity (Wildman–Crippen MR) is 108 cm³/mol. The predicted octanol–water partition coefficient (Wildman–Crippen LogP) is 4.80. The Morgan fingerprint density at radius 2 is 1.84 bits per heavy atom. The number of anilines is 1. The van der Waals surface area contributed by atoms with Crippen molar-refractivity contribution in [3.8, 4) is 0 Å². The molecule has 1 aromatic carbocycles. The minimum Gasteiger partial charge on any atom is -0.362 e. The second-order valence-corrected chi connectivity index (χ2v) is 6.83. The van der Waals surface area contributed by atoms with Crippen molar-refractivity contribution < 1.29 is 0 Å². The number of rotatable bonds is 7. The second-order valence-electron chi connectivity index (χ2n) is 6.83. The third kappa shape index (κ3) is 5.57. The van der Waals surface area contributed by atoms with Crippen LogP contribution in [0.3, 0.4) is 0 Å². The van der Waals surface area contributed by atoms with Gasteiger partial charge < -0.3 is 10.6 Å². The zero-order valence-corrected chi connectivity index (χ0v) is 15.7. The molecule has 0 amide bonds. The number of hydrogen-bond donors (Lipinski definition) is 1. The summed E-state index contributed by atoms with van der Waals surface area (Å²) in [5, 5.41) is 0. The molecular formula is C22H29N3. The SMILES string of the molecule is CC=CC(=CC)CN(Cc1ccccc1)c1ccc(C(C)(C)N)nc1. The zero-order valence-electron chi connectivity index (χ0n) is 15.7. The summed E-state index contributed by atoms with van der Waals surface area (Å²) < 4.78 is 0. The van der Waals surface area contributed by atoms with Crippen molar-refractivity contribution in [1.29, 1.82) is 0 Å². The van der Waals surface area contributed by atoms with Gasteiger partial charge in [-0.05, 0) is 51.0 Å². The van der Waals surface area contributed by atoms with Gasteiger partial charge in [-0.3, -0.25) is 4.98 Å². The maximum atomic E-state index is 6.15. The summed E-state index contributed by atoms with van der Waals surface area (Å²) in [5.74, 6) is 0. The van der Waals surface area contributed by atoms with Gasteiger partial charge in [-0.15, -0.1) is 0 Å². The van der Waals surface area contributed by atoms with Crippen LogP contribution in [-0.2, 0) is 12.1 Å². The monoisotopic (exact) mass is 335 g/mol. The fourth-order valence-corrected chi connectivity index (χ4v) is 2.67. The average Bonchev–Trinajstić information content (AvgIpc) is 2.61. The first-order chi connectivity index (χ1) is 11.9. The molecule has 0 aliphatic rings. The van der Waals surface area contributed by atoms with E-state index in [1.807, 2.05) is 39.1 Å². The average molecular weight is 335 g/mol. The molecule has 0 aliphatic heterocycles. The summed E-state index contributed by atoms with van der Waals surface area (Å²) in [4.78, 5) is 6.93. The van der Waals surface area contributed by atoms with E-state index in [1.165, 1.54) is 11.1 Å². The van der Waals surface area contributed by atoms with Crippen molar-refractivity contribution in [1.82, 2.24) is 4.98 Å². The van der Waals surface area contributed by atoms with Gasteiger partial charge in [-0.25, -0.2) is 0 Å². The lowest BCUT2D eigenvalue weighted by Crippen LogP contribution is -2.30. The van der Waals surface area contributed by atoms with Crippen molar-refractivity contribution in [2.75, 3.05) is 11.4 Å². The molecular weight excluding hydrogens is 306 g/mol. The number of pyridine rings is 1. The molecule has 0 unspecified atom stereocenters. The van der Waals surface area contributed by atoms with Crippen LogP contribution in [0, 0.1) is 0 Å². The maximum Gasteiger partial charge on any atom is 0.0598 e. The van der Waals surface area contributed by atoms with Crippen LogP contribution in [0.4, 0.5) is 5.69 Å². The van der Waals surface area contributed by atoms with E-state index < -0.39 is 5.54 Å². The summed E-state index contributed by atoms with van der Waals surface area (Å²) in [6.07, 6.45) is 8.32. The smallest absolute Gasteiger partial charge is 0.0598 e. The molecule has 2 aromatic rings. The van der Waals surface area contributed by atoms with Crippen molar-refractivity contribution in [3.63, 3.8) is 0 Å². The number of hydrogen-bond acceptors (Lipinski definition) is 3. The molecule has 0 atom stereocenters. The van der Waals surface area contributed by atoms with Crippen LogP contribution < -0.4 is 10.6 Å². The number of benzene rings is 1. The van der Waals surface area contributed by atoms with Crippen LogP contribution in [0.15, 0.2) is 72.5 Å². The van der Waals surface area contributed by atoms with Gasteiger partial charge in [-0.1, -0.05) is 48.6 Å². The molecule has 0 saturated heterocycles. The Morgan fingerprint density at radius 3 is 2.36 bits per heavy atom. The minimum absolute atomic E-state index is 0.428. The Bertz CT molecular complexity index is 707. The number of nitrogens with two attached hydrogens (primary N) is 1. The van der Waals surface area contributed by atoms with Gasteiger partial charge >= 0.3 is 0 Å². The lowest BCUT2D eigenvalue weighted by Gasteiger charge is -2.26. The van der Waals surface area contributed by atoms with Gasteiger partial charge in [0.2, 0.25) is 0 Å². The van der Waals surface area contributed by atoms with Gasteiger partial charge in [0, 0.05) is 13.1 Å². The summed E-state index contributed by atoms with van der Waals surface area (Å²) in [5.41, 5.74) is 10.3. The molecule has 0 fully saturated rings. The highest BCUT2D eigenvalue weighted by atomic mass is 15.1. The second kappa shape index (κ2) is 8.63. The van der Waals surface area contributed by atoms with Crippen LogP contribution in [0.25, 0.3) is 0 Å². The van der Waals surface area contributed by atoms with Crippen LogP contribution in [0.1, 0.15) is 39.0 Å². The third-order valence-corrected chi connectivity index (χ3v) is 4.11. The molecule has 0 spiro atoms. The number of nitrogens with zero attached hydrogens (tertiary/aromatic N) is 2. The quantitative estimate of drug-likeness (QED) is 0.739. The Kier molecular flexibility index (Phi) is 6.54. The highest BCUT2D eigenvalue weighted by Gasteiger charge is 2.16. The molecule has 0 saturated carbocycles. The van der Waals surface area contributed by atoms with Crippen molar-refractivity contribution in [2.45, 2.75) is 39.8 Å². The van der Waals surface area contributed by atoms with Gasteiger partial charge in [0.15, 0.2) is 0 Å². The van der Waals surface area contributed by atoms with Crippen molar-refractivity contribution >= 4 is 5.69 Å². The summed E-state index contributed by atoms with van der Waals surface area (Å²) in [6.45, 7) is 9.74. The Labute approximate surface area is 151 Å². The van der Waals surface area contributed by atoms with E-state index in [0.717, 1.165) is 24.5 Å². The van der Waals surface area contributed by atoms with Gasteiger partial charge in [-0.2, -0.15) is 0 Å². The molecule has 0 bridgehead atoms. The molecule has 0 radical (unpaired) electrons. The molecule has 132 valence electrons. The molecule has 1 aromatic heterocycles. The van der Waals surface area contributed by atoms with Crippen LogP contribution in [-0.4, -0.2) is 11.5 Å².